The highest BCUT2D eigenvalue weighted by Crippen LogP contribution is 2.41. The average Bonchev–Trinajstić information content (AvgIpc) is 2.66. The number of methoxy groups -OCH3 is 2. The number of nitrogens with zero attached hydrogens (tertiary/aromatic N) is 2. The third kappa shape index (κ3) is 2.73. The summed E-state index contributed by atoms with van der Waals surface area (Å²) in [7, 11) is 3.28. The lowest BCUT2D eigenvalue weighted by Crippen LogP contribution is -2.44. The molecule has 0 N–H and O–H groups in total. The van der Waals surface area contributed by atoms with E-state index in [-0.39, 0.29) is 11.9 Å². The molecule has 0 saturated carbocycles. The Morgan fingerprint density at radius 3 is 2.46 bits per heavy atom. The van der Waals surface area contributed by atoms with Crippen LogP contribution in [0.2, 0.25) is 0 Å². The first kappa shape index (κ1) is 16.6. The molecular weight excluding hydrogens is 328 g/mol. The van der Waals surface area contributed by atoms with Crippen LogP contribution >= 0.6 is 0 Å². The topological polar surface area (TPSA) is 51.1 Å². The molecule has 4 rings (SSSR count). The molecule has 0 aromatic heterocycles. The largest absolute Gasteiger partial charge is 0.493 e. The molecule has 134 valence electrons. The third-order valence-corrected chi connectivity index (χ3v) is 5.18. The zero-order valence-electron chi connectivity index (χ0n) is 15.3. The molecule has 1 atom stereocenters. The minimum absolute atomic E-state index is 0.0140. The standard InChI is InChI=1S/C21H22N2O3/c1-13-4-6-14(7-5-13)21-22-20(24)12-17-16-11-19(26-3)18(25-2)10-15(16)8-9-23(17)21/h4-7,10-11,17H,8-9,12H2,1-3H3. The number of aryl methyl sites for hydroxylation is 1. The van der Waals surface area contributed by atoms with Crippen LogP contribution < -0.4 is 9.47 Å². The molecule has 1 unspecified atom stereocenters. The monoisotopic (exact) mass is 350 g/mol. The van der Waals surface area contributed by atoms with Crippen LogP contribution in [0.15, 0.2) is 41.4 Å². The second-order valence-corrected chi connectivity index (χ2v) is 6.76. The Morgan fingerprint density at radius 1 is 1.08 bits per heavy atom. The van der Waals surface area contributed by atoms with Crippen LogP contribution in [0.5, 0.6) is 11.5 Å². The van der Waals surface area contributed by atoms with E-state index in [1.807, 2.05) is 24.3 Å². The van der Waals surface area contributed by atoms with E-state index in [0.29, 0.717) is 12.2 Å². The second-order valence-electron chi connectivity index (χ2n) is 6.76. The summed E-state index contributed by atoms with van der Waals surface area (Å²) in [5.41, 5.74) is 4.51. The Morgan fingerprint density at radius 2 is 1.77 bits per heavy atom. The number of carbonyl (C=O) groups is 1. The van der Waals surface area contributed by atoms with Gasteiger partial charge in [0.2, 0.25) is 5.91 Å². The normalized spacial score (nSPS) is 18.7. The number of aliphatic imine (C=N–C) groups is 1. The van der Waals surface area contributed by atoms with Crippen molar-refractivity contribution in [3.63, 3.8) is 0 Å². The molecule has 26 heavy (non-hydrogen) atoms. The molecule has 5 nitrogen and oxygen atoms in total. The number of ether oxygens (including phenoxy) is 2. The van der Waals surface area contributed by atoms with Crippen molar-refractivity contribution in [1.29, 1.82) is 0 Å². The Bertz CT molecular complexity index is 887. The molecule has 0 spiro atoms. The van der Waals surface area contributed by atoms with Gasteiger partial charge in [0.15, 0.2) is 11.5 Å². The number of hydrogen-bond donors (Lipinski definition) is 0. The first-order valence-corrected chi connectivity index (χ1v) is 8.80. The molecule has 0 bridgehead atoms. The van der Waals surface area contributed by atoms with Gasteiger partial charge >= 0.3 is 0 Å². The Kier molecular flexibility index (Phi) is 4.15. The second kappa shape index (κ2) is 6.48. The van der Waals surface area contributed by atoms with Gasteiger partial charge in [-0.15, -0.1) is 0 Å². The molecule has 2 aromatic carbocycles. The minimum atomic E-state index is -0.0792. The summed E-state index contributed by atoms with van der Waals surface area (Å²) in [6, 6.07) is 12.2. The smallest absolute Gasteiger partial charge is 0.250 e. The van der Waals surface area contributed by atoms with Crippen molar-refractivity contribution in [1.82, 2.24) is 4.90 Å². The highest BCUT2D eigenvalue weighted by Gasteiger charge is 2.36. The number of amides is 1. The fourth-order valence-corrected chi connectivity index (χ4v) is 3.83. The van der Waals surface area contributed by atoms with Crippen molar-refractivity contribution >= 4 is 11.7 Å². The number of amidine groups is 1. The number of fused-ring (bicyclic) bond motifs is 3. The fourth-order valence-electron chi connectivity index (χ4n) is 3.83. The van der Waals surface area contributed by atoms with Crippen LogP contribution in [0.3, 0.4) is 0 Å². The van der Waals surface area contributed by atoms with Crippen LogP contribution in [0.25, 0.3) is 0 Å². The quantitative estimate of drug-likeness (QED) is 0.852. The van der Waals surface area contributed by atoms with E-state index in [1.165, 1.54) is 11.1 Å². The molecule has 2 heterocycles. The van der Waals surface area contributed by atoms with E-state index in [4.69, 9.17) is 9.47 Å². The highest BCUT2D eigenvalue weighted by atomic mass is 16.5. The number of rotatable bonds is 3. The van der Waals surface area contributed by atoms with E-state index < -0.39 is 0 Å². The van der Waals surface area contributed by atoms with Gasteiger partial charge in [-0.05, 0) is 36.6 Å². The van der Waals surface area contributed by atoms with Gasteiger partial charge in [0.05, 0.1) is 26.7 Å². The van der Waals surface area contributed by atoms with Crippen LogP contribution in [0, 0.1) is 6.92 Å². The Balaban J connectivity index is 1.78. The average molecular weight is 350 g/mol. The van der Waals surface area contributed by atoms with E-state index in [2.05, 4.69) is 28.9 Å². The maximum atomic E-state index is 12.4. The lowest BCUT2D eigenvalue weighted by Gasteiger charge is -2.41. The van der Waals surface area contributed by atoms with Gasteiger partial charge in [-0.1, -0.05) is 29.8 Å². The molecule has 2 aromatic rings. The minimum Gasteiger partial charge on any atom is -0.493 e. The van der Waals surface area contributed by atoms with E-state index in [0.717, 1.165) is 35.7 Å². The summed E-state index contributed by atoms with van der Waals surface area (Å²) < 4.78 is 10.9. The van der Waals surface area contributed by atoms with Gasteiger partial charge in [-0.3, -0.25) is 4.79 Å². The van der Waals surface area contributed by atoms with Crippen LogP contribution in [0.4, 0.5) is 0 Å². The van der Waals surface area contributed by atoms with E-state index in [1.54, 1.807) is 14.2 Å². The van der Waals surface area contributed by atoms with Gasteiger partial charge in [-0.2, -0.15) is 4.99 Å². The maximum absolute atomic E-state index is 12.4. The zero-order chi connectivity index (χ0) is 18.3. The van der Waals surface area contributed by atoms with Gasteiger partial charge in [0, 0.05) is 12.1 Å². The highest BCUT2D eigenvalue weighted by molar-refractivity contribution is 6.07. The lowest BCUT2D eigenvalue weighted by atomic mass is 9.88. The Hall–Kier alpha value is -2.82. The summed E-state index contributed by atoms with van der Waals surface area (Å²) in [6.45, 7) is 2.88. The predicted molar refractivity (Wildman–Crippen MR) is 100 cm³/mol. The molecule has 0 radical (unpaired) electrons. The summed E-state index contributed by atoms with van der Waals surface area (Å²) in [5.74, 6) is 2.12. The summed E-state index contributed by atoms with van der Waals surface area (Å²) in [5, 5.41) is 0. The summed E-state index contributed by atoms with van der Waals surface area (Å²) >= 11 is 0. The maximum Gasteiger partial charge on any atom is 0.250 e. The van der Waals surface area contributed by atoms with Crippen molar-refractivity contribution in [2.45, 2.75) is 25.8 Å². The van der Waals surface area contributed by atoms with Gasteiger partial charge in [0.1, 0.15) is 5.84 Å². The van der Waals surface area contributed by atoms with E-state index >= 15 is 0 Å². The third-order valence-electron chi connectivity index (χ3n) is 5.18. The molecular formula is C21H22N2O3. The Labute approximate surface area is 153 Å². The van der Waals surface area contributed by atoms with Crippen molar-refractivity contribution < 1.29 is 14.3 Å². The molecule has 5 heteroatoms. The van der Waals surface area contributed by atoms with Gasteiger partial charge < -0.3 is 14.4 Å². The molecule has 2 aliphatic heterocycles. The lowest BCUT2D eigenvalue weighted by molar-refractivity contribution is -0.119. The van der Waals surface area contributed by atoms with Crippen molar-refractivity contribution in [2.24, 2.45) is 4.99 Å². The number of carbonyl (C=O) groups excluding carboxylic acids is 1. The van der Waals surface area contributed by atoms with Crippen LogP contribution in [-0.4, -0.2) is 37.4 Å². The summed E-state index contributed by atoms with van der Waals surface area (Å²) in [4.78, 5) is 19.0. The number of hydrogen-bond acceptors (Lipinski definition) is 4. The fraction of sp³-hybridized carbons (Fsp3) is 0.333. The first-order chi connectivity index (χ1) is 12.6. The molecule has 0 saturated heterocycles. The zero-order valence-corrected chi connectivity index (χ0v) is 15.3. The van der Waals surface area contributed by atoms with Gasteiger partial charge in [0.25, 0.3) is 0 Å². The van der Waals surface area contributed by atoms with Crippen molar-refractivity contribution in [3.8, 4) is 11.5 Å². The molecule has 0 fully saturated rings. The molecule has 0 aliphatic carbocycles. The molecule has 1 amide bonds. The first-order valence-electron chi connectivity index (χ1n) is 8.80. The number of benzene rings is 2. The van der Waals surface area contributed by atoms with Crippen LogP contribution in [-0.2, 0) is 11.2 Å². The van der Waals surface area contributed by atoms with Crippen LogP contribution in [0.1, 0.15) is 34.7 Å². The molecule has 2 aliphatic rings. The predicted octanol–water partition coefficient (Wildman–Crippen LogP) is 3.29. The summed E-state index contributed by atoms with van der Waals surface area (Å²) in [6.07, 6.45) is 1.27. The SMILES string of the molecule is COc1cc2c(cc1OC)C1CC(=O)N=C(c3ccc(C)cc3)N1CC2. The van der Waals surface area contributed by atoms with Gasteiger partial charge in [-0.25, -0.2) is 0 Å². The van der Waals surface area contributed by atoms with Crippen molar-refractivity contribution in [2.75, 3.05) is 20.8 Å². The van der Waals surface area contributed by atoms with Crippen molar-refractivity contribution in [3.05, 3.63) is 58.7 Å². The van der Waals surface area contributed by atoms with E-state index in [9.17, 15) is 4.79 Å².